The number of aryl methyl sites for hydroxylation is 1. The van der Waals surface area contributed by atoms with E-state index in [0.29, 0.717) is 22.1 Å². The Balaban J connectivity index is 2.42. The number of hydrogen-bond acceptors (Lipinski definition) is 2. The third-order valence-corrected chi connectivity index (χ3v) is 3.37. The Labute approximate surface area is 122 Å². The lowest BCUT2D eigenvalue weighted by molar-refractivity contribution is 0.474. The summed E-state index contributed by atoms with van der Waals surface area (Å²) in [6, 6.07) is 12.8. The molecule has 0 saturated heterocycles. The van der Waals surface area contributed by atoms with Gasteiger partial charge in [0.15, 0.2) is 0 Å². The minimum atomic E-state index is 0.270. The first-order valence-electron chi connectivity index (χ1n) is 5.67. The number of hydrogen-bond donors (Lipinski definition) is 0. The maximum absolute atomic E-state index is 8.92. The number of benzene rings is 2. The Morgan fingerprint density at radius 1 is 1.21 bits per heavy atom. The Morgan fingerprint density at radius 3 is 2.68 bits per heavy atom. The van der Waals surface area contributed by atoms with E-state index in [9.17, 15) is 0 Å². The van der Waals surface area contributed by atoms with Crippen molar-refractivity contribution in [3.63, 3.8) is 0 Å². The molecule has 0 fully saturated rings. The van der Waals surface area contributed by atoms with Crippen LogP contribution in [0.15, 0.2) is 36.4 Å². The van der Waals surface area contributed by atoms with Crippen LogP contribution in [0.3, 0.4) is 0 Å². The molecule has 96 valence electrons. The van der Waals surface area contributed by atoms with E-state index in [2.05, 4.69) is 6.07 Å². The van der Waals surface area contributed by atoms with Crippen molar-refractivity contribution in [2.24, 2.45) is 0 Å². The minimum Gasteiger partial charge on any atom is -0.457 e. The van der Waals surface area contributed by atoms with Crippen molar-refractivity contribution >= 4 is 23.2 Å². The van der Waals surface area contributed by atoms with Gasteiger partial charge in [0.25, 0.3) is 0 Å². The minimum absolute atomic E-state index is 0.270. The largest absolute Gasteiger partial charge is 0.457 e. The van der Waals surface area contributed by atoms with Crippen molar-refractivity contribution < 1.29 is 4.74 Å². The Morgan fingerprint density at radius 2 is 2.00 bits per heavy atom. The molecule has 0 saturated carbocycles. The molecule has 4 heteroatoms. The van der Waals surface area contributed by atoms with Crippen LogP contribution in [0.4, 0.5) is 0 Å². The van der Waals surface area contributed by atoms with E-state index in [0.717, 1.165) is 11.1 Å². The molecule has 0 amide bonds. The van der Waals surface area contributed by atoms with Crippen LogP contribution in [0.1, 0.15) is 16.7 Å². The molecule has 0 atom stereocenters. The van der Waals surface area contributed by atoms with Gasteiger partial charge in [0.05, 0.1) is 17.5 Å². The van der Waals surface area contributed by atoms with Crippen LogP contribution < -0.4 is 4.74 Å². The van der Waals surface area contributed by atoms with Gasteiger partial charge in [0, 0.05) is 10.6 Å². The van der Waals surface area contributed by atoms with Crippen molar-refractivity contribution in [3.8, 4) is 17.6 Å². The predicted molar refractivity (Wildman–Crippen MR) is 77.0 cm³/mol. The topological polar surface area (TPSA) is 33.0 Å². The lowest BCUT2D eigenvalue weighted by Crippen LogP contribution is -1.93. The van der Waals surface area contributed by atoms with E-state index in [1.54, 1.807) is 24.3 Å². The molecular weight excluding hydrogens is 281 g/mol. The average molecular weight is 292 g/mol. The van der Waals surface area contributed by atoms with Gasteiger partial charge in [0.2, 0.25) is 0 Å². The number of rotatable bonds is 3. The van der Waals surface area contributed by atoms with E-state index >= 15 is 0 Å². The van der Waals surface area contributed by atoms with Crippen molar-refractivity contribution in [2.45, 2.75) is 12.8 Å². The van der Waals surface area contributed by atoms with Gasteiger partial charge in [-0.25, -0.2) is 0 Å². The summed E-state index contributed by atoms with van der Waals surface area (Å²) in [6.45, 7) is 1.92. The first-order valence-corrected chi connectivity index (χ1v) is 6.59. The second-order valence-electron chi connectivity index (χ2n) is 4.04. The summed E-state index contributed by atoms with van der Waals surface area (Å²) in [5.41, 5.74) is 2.24. The summed E-state index contributed by atoms with van der Waals surface area (Å²) in [4.78, 5) is 0. The van der Waals surface area contributed by atoms with Crippen LogP contribution in [0.25, 0.3) is 0 Å². The summed E-state index contributed by atoms with van der Waals surface area (Å²) in [5, 5.41) is 9.49. The number of halogens is 2. The molecule has 0 unspecified atom stereocenters. The number of ether oxygens (including phenoxy) is 1. The molecule has 0 bridgehead atoms. The van der Waals surface area contributed by atoms with Crippen molar-refractivity contribution in [1.29, 1.82) is 5.26 Å². The summed E-state index contributed by atoms with van der Waals surface area (Å²) in [5.74, 6) is 1.51. The molecule has 0 spiro atoms. The van der Waals surface area contributed by atoms with Crippen LogP contribution >= 0.6 is 23.2 Å². The summed E-state index contributed by atoms with van der Waals surface area (Å²) in [6.07, 6.45) is 0. The SMILES string of the molecule is Cc1ccc(C#N)cc1Oc1cccc(Cl)c1CCl. The highest BCUT2D eigenvalue weighted by molar-refractivity contribution is 6.32. The number of nitrogens with zero attached hydrogens (tertiary/aromatic N) is 1. The standard InChI is InChI=1S/C15H11Cl2NO/c1-10-5-6-11(9-18)7-15(10)19-14-4-2-3-13(17)12(14)8-16/h2-7H,8H2,1H3. The summed E-state index contributed by atoms with van der Waals surface area (Å²) < 4.78 is 5.83. The highest BCUT2D eigenvalue weighted by Gasteiger charge is 2.10. The van der Waals surface area contributed by atoms with Crippen LogP contribution in [-0.2, 0) is 5.88 Å². The van der Waals surface area contributed by atoms with Crippen molar-refractivity contribution in [1.82, 2.24) is 0 Å². The van der Waals surface area contributed by atoms with E-state index in [1.807, 2.05) is 19.1 Å². The van der Waals surface area contributed by atoms with E-state index in [-0.39, 0.29) is 5.88 Å². The van der Waals surface area contributed by atoms with Crippen LogP contribution in [0.5, 0.6) is 11.5 Å². The van der Waals surface area contributed by atoms with Gasteiger partial charge in [0.1, 0.15) is 11.5 Å². The van der Waals surface area contributed by atoms with Crippen LogP contribution in [0, 0.1) is 18.3 Å². The second-order valence-corrected chi connectivity index (χ2v) is 4.72. The molecule has 2 aromatic rings. The van der Waals surface area contributed by atoms with E-state index in [4.69, 9.17) is 33.2 Å². The lowest BCUT2D eigenvalue weighted by Gasteiger charge is -2.12. The molecule has 2 nitrogen and oxygen atoms in total. The van der Waals surface area contributed by atoms with Gasteiger partial charge in [-0.15, -0.1) is 11.6 Å². The summed E-state index contributed by atoms with van der Waals surface area (Å²) >= 11 is 12.0. The van der Waals surface area contributed by atoms with Crippen LogP contribution in [-0.4, -0.2) is 0 Å². The first kappa shape index (κ1) is 13.7. The maximum atomic E-state index is 8.92. The van der Waals surface area contributed by atoms with Gasteiger partial charge >= 0.3 is 0 Å². The molecule has 2 rings (SSSR count). The van der Waals surface area contributed by atoms with Gasteiger partial charge in [-0.2, -0.15) is 5.26 Å². The number of nitriles is 1. The highest BCUT2D eigenvalue weighted by atomic mass is 35.5. The third kappa shape index (κ3) is 3.01. The number of alkyl halides is 1. The fraction of sp³-hybridized carbons (Fsp3) is 0.133. The van der Waals surface area contributed by atoms with Gasteiger partial charge in [-0.3, -0.25) is 0 Å². The van der Waals surface area contributed by atoms with E-state index < -0.39 is 0 Å². The van der Waals surface area contributed by atoms with Gasteiger partial charge < -0.3 is 4.74 Å². The third-order valence-electron chi connectivity index (χ3n) is 2.75. The molecule has 0 aliphatic carbocycles. The normalized spacial score (nSPS) is 10.0. The molecule has 0 N–H and O–H groups in total. The quantitative estimate of drug-likeness (QED) is 0.741. The van der Waals surface area contributed by atoms with Gasteiger partial charge in [-0.05, 0) is 36.8 Å². The van der Waals surface area contributed by atoms with Crippen LogP contribution in [0.2, 0.25) is 5.02 Å². The van der Waals surface area contributed by atoms with Gasteiger partial charge in [-0.1, -0.05) is 23.7 Å². The molecular formula is C15H11Cl2NO. The Bertz CT molecular complexity index is 647. The zero-order valence-corrected chi connectivity index (χ0v) is 11.8. The molecule has 0 aliphatic heterocycles. The maximum Gasteiger partial charge on any atom is 0.133 e. The highest BCUT2D eigenvalue weighted by Crippen LogP contribution is 2.33. The lowest BCUT2D eigenvalue weighted by atomic mass is 10.1. The second kappa shape index (κ2) is 5.97. The Hall–Kier alpha value is -1.69. The fourth-order valence-corrected chi connectivity index (χ4v) is 2.24. The van der Waals surface area contributed by atoms with Crippen molar-refractivity contribution in [2.75, 3.05) is 0 Å². The zero-order valence-electron chi connectivity index (χ0n) is 10.3. The molecule has 0 aliphatic rings. The molecule has 2 aromatic carbocycles. The van der Waals surface area contributed by atoms with E-state index in [1.165, 1.54) is 0 Å². The molecule has 0 aromatic heterocycles. The molecule has 19 heavy (non-hydrogen) atoms. The first-order chi connectivity index (χ1) is 9.15. The average Bonchev–Trinajstić information content (AvgIpc) is 2.41. The Kier molecular flexibility index (Phi) is 4.31. The predicted octanol–water partition coefficient (Wildman–Crippen LogP) is 5.05. The molecule has 0 heterocycles. The summed E-state index contributed by atoms with van der Waals surface area (Å²) in [7, 11) is 0. The fourth-order valence-electron chi connectivity index (χ4n) is 1.66. The molecule has 0 radical (unpaired) electrons. The smallest absolute Gasteiger partial charge is 0.133 e. The zero-order chi connectivity index (χ0) is 13.8. The monoisotopic (exact) mass is 291 g/mol. The van der Waals surface area contributed by atoms with Crippen molar-refractivity contribution in [3.05, 3.63) is 58.1 Å².